The number of hydrogen-bond donors (Lipinski definition) is 0. The van der Waals surface area contributed by atoms with Crippen molar-refractivity contribution >= 4 is 11.8 Å². The van der Waals surface area contributed by atoms with Gasteiger partial charge in [0.1, 0.15) is 12.1 Å². The van der Waals surface area contributed by atoms with Gasteiger partial charge in [-0.15, -0.1) is 0 Å². The third kappa shape index (κ3) is 2.49. The molecule has 0 fully saturated rings. The summed E-state index contributed by atoms with van der Waals surface area (Å²) in [6.07, 6.45) is 0.879. The van der Waals surface area contributed by atoms with E-state index in [1.165, 1.54) is 0 Å². The predicted molar refractivity (Wildman–Crippen MR) is 61.6 cm³/mol. The van der Waals surface area contributed by atoms with Gasteiger partial charge in [-0.2, -0.15) is 0 Å². The lowest BCUT2D eigenvalue weighted by molar-refractivity contribution is 0.332. The Morgan fingerprint density at radius 3 is 2.13 bits per heavy atom. The first kappa shape index (κ1) is 12.0. The van der Waals surface area contributed by atoms with Crippen LogP contribution in [0.3, 0.4) is 0 Å². The average Bonchev–Trinajstić information content (AvgIpc) is 2.26. The Hall–Kier alpha value is -1.06. The molecule has 0 aromatic heterocycles. The van der Waals surface area contributed by atoms with Crippen molar-refractivity contribution in [2.24, 2.45) is 15.9 Å². The zero-order valence-corrected chi connectivity index (χ0v) is 10.2. The zero-order valence-electron chi connectivity index (χ0n) is 10.2. The number of hydrogen-bond acceptors (Lipinski definition) is 4. The summed E-state index contributed by atoms with van der Waals surface area (Å²) in [6, 6.07) is 0.00713. The minimum Gasteiger partial charge on any atom is -0.483 e. The van der Waals surface area contributed by atoms with Gasteiger partial charge in [0.05, 0.1) is 14.2 Å². The lowest BCUT2D eigenvalue weighted by atomic mass is 10.0. The van der Waals surface area contributed by atoms with Crippen molar-refractivity contribution in [3.05, 3.63) is 0 Å². The predicted octanol–water partition coefficient (Wildman–Crippen LogP) is 1.89. The first-order chi connectivity index (χ1) is 7.13. The van der Waals surface area contributed by atoms with Crippen LogP contribution in [0.1, 0.15) is 27.2 Å². The first-order valence-corrected chi connectivity index (χ1v) is 5.37. The van der Waals surface area contributed by atoms with Gasteiger partial charge in [0.25, 0.3) is 0 Å². The van der Waals surface area contributed by atoms with Gasteiger partial charge in [0.2, 0.25) is 11.8 Å². The van der Waals surface area contributed by atoms with E-state index < -0.39 is 0 Å². The number of nitrogens with zero attached hydrogens (tertiary/aromatic N) is 2. The summed E-state index contributed by atoms with van der Waals surface area (Å²) in [6.45, 7) is 6.26. The van der Waals surface area contributed by atoms with Gasteiger partial charge in [-0.3, -0.25) is 0 Å². The minimum absolute atomic E-state index is 0.00671. The monoisotopic (exact) mass is 212 g/mol. The molecule has 0 saturated heterocycles. The van der Waals surface area contributed by atoms with Gasteiger partial charge in [0, 0.05) is 0 Å². The number of rotatable bonds is 2. The molecule has 0 aromatic carbocycles. The second-order valence-corrected chi connectivity index (χ2v) is 3.96. The molecule has 0 unspecified atom stereocenters. The zero-order chi connectivity index (χ0) is 11.4. The van der Waals surface area contributed by atoms with E-state index in [1.807, 2.05) is 0 Å². The molecule has 0 saturated carbocycles. The maximum absolute atomic E-state index is 5.28. The molecule has 0 amide bonds. The summed E-state index contributed by atoms with van der Waals surface area (Å²) >= 11 is 0. The van der Waals surface area contributed by atoms with Crippen molar-refractivity contribution in [1.29, 1.82) is 0 Å². The first-order valence-electron chi connectivity index (χ1n) is 5.37. The highest BCUT2D eigenvalue weighted by Crippen LogP contribution is 2.18. The van der Waals surface area contributed by atoms with Crippen LogP contribution in [0.4, 0.5) is 0 Å². The van der Waals surface area contributed by atoms with Crippen LogP contribution in [0.2, 0.25) is 0 Å². The third-order valence-corrected chi connectivity index (χ3v) is 2.52. The lowest BCUT2D eigenvalue weighted by Gasteiger charge is -2.26. The van der Waals surface area contributed by atoms with E-state index >= 15 is 0 Å². The molecule has 4 nitrogen and oxygen atoms in total. The highest BCUT2D eigenvalue weighted by atomic mass is 16.5. The summed E-state index contributed by atoms with van der Waals surface area (Å²) in [5, 5.41) is 0. The van der Waals surface area contributed by atoms with Gasteiger partial charge in [-0.05, 0) is 12.3 Å². The van der Waals surface area contributed by atoms with E-state index in [9.17, 15) is 0 Å². The Bertz CT molecular complexity index is 272. The van der Waals surface area contributed by atoms with E-state index in [0.717, 1.165) is 18.2 Å². The molecule has 2 atom stereocenters. The van der Waals surface area contributed by atoms with E-state index in [4.69, 9.17) is 9.47 Å². The van der Waals surface area contributed by atoms with E-state index in [0.29, 0.717) is 5.92 Å². The van der Waals surface area contributed by atoms with Crippen LogP contribution in [-0.2, 0) is 9.47 Å². The fourth-order valence-corrected chi connectivity index (χ4v) is 1.63. The van der Waals surface area contributed by atoms with Crippen LogP contribution in [0.5, 0.6) is 0 Å². The largest absolute Gasteiger partial charge is 0.483 e. The Balaban J connectivity index is 2.94. The smallest absolute Gasteiger partial charge is 0.209 e. The van der Waals surface area contributed by atoms with Crippen molar-refractivity contribution in [2.45, 2.75) is 39.3 Å². The average molecular weight is 212 g/mol. The van der Waals surface area contributed by atoms with Crippen LogP contribution >= 0.6 is 0 Å². The molecule has 0 N–H and O–H groups in total. The van der Waals surface area contributed by atoms with Gasteiger partial charge in [-0.1, -0.05) is 20.8 Å². The van der Waals surface area contributed by atoms with Crippen molar-refractivity contribution < 1.29 is 9.47 Å². The highest BCUT2D eigenvalue weighted by molar-refractivity contribution is 5.93. The van der Waals surface area contributed by atoms with Crippen LogP contribution < -0.4 is 0 Å². The van der Waals surface area contributed by atoms with E-state index in [1.54, 1.807) is 14.2 Å². The SMILES string of the molecule is CC[C@H]1N=C(OC)[C@H](C(C)C)N=C1OC. The maximum atomic E-state index is 5.28. The summed E-state index contributed by atoms with van der Waals surface area (Å²) < 4.78 is 10.5. The fraction of sp³-hybridized carbons (Fsp3) is 0.818. The number of ether oxygens (including phenoxy) is 2. The van der Waals surface area contributed by atoms with Gasteiger partial charge < -0.3 is 9.47 Å². The van der Waals surface area contributed by atoms with Crippen LogP contribution in [-0.4, -0.2) is 38.1 Å². The van der Waals surface area contributed by atoms with Crippen molar-refractivity contribution in [1.82, 2.24) is 0 Å². The van der Waals surface area contributed by atoms with Crippen LogP contribution in [0.25, 0.3) is 0 Å². The molecule has 1 aliphatic heterocycles. The molecule has 15 heavy (non-hydrogen) atoms. The van der Waals surface area contributed by atoms with Gasteiger partial charge in [-0.25, -0.2) is 9.98 Å². The summed E-state index contributed by atoms with van der Waals surface area (Å²) in [5.74, 6) is 1.81. The molecule has 0 aromatic rings. The standard InChI is InChI=1S/C11H20N2O2/c1-6-8-10(14-4)13-9(7(2)3)11(12-8)15-5/h7-9H,6H2,1-5H3/t8-,9+/m1/s1. The Kier molecular flexibility index (Phi) is 4.12. The van der Waals surface area contributed by atoms with Crippen LogP contribution in [0.15, 0.2) is 9.98 Å². The molecule has 1 aliphatic rings. The third-order valence-electron chi connectivity index (χ3n) is 2.52. The quantitative estimate of drug-likeness (QED) is 0.701. The second kappa shape index (κ2) is 5.14. The Morgan fingerprint density at radius 1 is 1.13 bits per heavy atom. The van der Waals surface area contributed by atoms with Crippen LogP contribution in [0, 0.1) is 5.92 Å². The number of methoxy groups -OCH3 is 2. The van der Waals surface area contributed by atoms with Gasteiger partial charge >= 0.3 is 0 Å². The maximum Gasteiger partial charge on any atom is 0.209 e. The lowest BCUT2D eigenvalue weighted by Crippen LogP contribution is -2.37. The fourth-order valence-electron chi connectivity index (χ4n) is 1.63. The second-order valence-electron chi connectivity index (χ2n) is 3.96. The van der Waals surface area contributed by atoms with E-state index in [2.05, 4.69) is 30.8 Å². The molecule has 1 heterocycles. The van der Waals surface area contributed by atoms with Crippen molar-refractivity contribution in [2.75, 3.05) is 14.2 Å². The summed E-state index contributed by atoms with van der Waals surface area (Å²) in [5.41, 5.74) is 0. The van der Waals surface area contributed by atoms with E-state index in [-0.39, 0.29) is 12.1 Å². The molecule has 86 valence electrons. The molecular formula is C11H20N2O2. The Morgan fingerprint density at radius 2 is 1.73 bits per heavy atom. The Labute approximate surface area is 91.4 Å². The molecular weight excluding hydrogens is 192 g/mol. The minimum atomic E-state index is -0.00671. The molecule has 0 spiro atoms. The van der Waals surface area contributed by atoms with Gasteiger partial charge in [0.15, 0.2) is 0 Å². The molecule has 1 rings (SSSR count). The number of aliphatic imine (C=N–C) groups is 2. The van der Waals surface area contributed by atoms with Crippen molar-refractivity contribution in [3.63, 3.8) is 0 Å². The normalized spacial score (nSPS) is 26.0. The molecule has 0 aliphatic carbocycles. The summed E-state index contributed by atoms with van der Waals surface area (Å²) in [7, 11) is 3.29. The molecule has 0 bridgehead atoms. The topological polar surface area (TPSA) is 43.2 Å². The molecule has 4 heteroatoms. The van der Waals surface area contributed by atoms with Crippen molar-refractivity contribution in [3.8, 4) is 0 Å². The highest BCUT2D eigenvalue weighted by Gasteiger charge is 2.29. The summed E-state index contributed by atoms with van der Waals surface area (Å²) in [4.78, 5) is 9.06. The molecule has 0 radical (unpaired) electrons.